The molecular weight excluding hydrogens is 448 g/mol. The largest absolute Gasteiger partial charge is 0.422 e. The molecule has 0 unspecified atom stereocenters. The second-order valence-electron chi connectivity index (χ2n) is 8.38. The Labute approximate surface area is 184 Å². The number of nitrogens with zero attached hydrogens (tertiary/aromatic N) is 1. The van der Waals surface area contributed by atoms with Crippen LogP contribution >= 0.6 is 15.9 Å². The van der Waals surface area contributed by atoms with Crippen molar-refractivity contribution in [1.29, 1.82) is 0 Å². The van der Waals surface area contributed by atoms with Gasteiger partial charge in [-0.25, -0.2) is 9.59 Å². The van der Waals surface area contributed by atoms with E-state index >= 15 is 0 Å². The summed E-state index contributed by atoms with van der Waals surface area (Å²) >= 11 is 3.40. The Kier molecular flexibility index (Phi) is 6.56. The lowest BCUT2D eigenvalue weighted by molar-refractivity contribution is 0.0698. The van der Waals surface area contributed by atoms with E-state index in [9.17, 15) is 14.4 Å². The first-order valence-electron chi connectivity index (χ1n) is 10.9. The maximum atomic E-state index is 13.5. The van der Waals surface area contributed by atoms with Gasteiger partial charge in [-0.1, -0.05) is 54.5 Å². The van der Waals surface area contributed by atoms with E-state index in [-0.39, 0.29) is 23.7 Å². The van der Waals surface area contributed by atoms with Crippen LogP contribution in [0.25, 0.3) is 11.0 Å². The molecule has 7 heteroatoms. The van der Waals surface area contributed by atoms with Crippen LogP contribution in [0.2, 0.25) is 0 Å². The lowest BCUT2D eigenvalue weighted by atomic mass is 9.93. The van der Waals surface area contributed by atoms with E-state index in [1.807, 2.05) is 0 Å². The fourth-order valence-corrected chi connectivity index (χ4v) is 5.01. The normalized spacial score (nSPS) is 18.3. The Bertz CT molecular complexity index is 990. The molecule has 160 valence electrons. The van der Waals surface area contributed by atoms with Crippen molar-refractivity contribution in [3.8, 4) is 0 Å². The number of halogens is 1. The molecule has 2 aliphatic carbocycles. The lowest BCUT2D eigenvalue weighted by Gasteiger charge is -2.34. The Morgan fingerprint density at radius 3 is 2.33 bits per heavy atom. The van der Waals surface area contributed by atoms with Crippen molar-refractivity contribution in [3.63, 3.8) is 0 Å². The van der Waals surface area contributed by atoms with E-state index in [1.54, 1.807) is 18.2 Å². The average Bonchev–Trinajstić information content (AvgIpc) is 2.75. The number of urea groups is 1. The quantitative estimate of drug-likeness (QED) is 0.606. The molecule has 3 amide bonds. The molecule has 4 rings (SSSR count). The highest BCUT2D eigenvalue weighted by Crippen LogP contribution is 2.26. The summed E-state index contributed by atoms with van der Waals surface area (Å²) in [6, 6.07) is 6.32. The minimum Gasteiger partial charge on any atom is -0.422 e. The van der Waals surface area contributed by atoms with Crippen LogP contribution in [0.1, 0.15) is 74.6 Å². The average molecular weight is 475 g/mol. The highest BCUT2D eigenvalue weighted by molar-refractivity contribution is 9.10. The first-order chi connectivity index (χ1) is 14.5. The third-order valence-electron chi connectivity index (χ3n) is 6.23. The van der Waals surface area contributed by atoms with Crippen LogP contribution in [0.4, 0.5) is 4.79 Å². The van der Waals surface area contributed by atoms with E-state index in [2.05, 4.69) is 21.2 Å². The molecule has 0 spiro atoms. The monoisotopic (exact) mass is 474 g/mol. The lowest BCUT2D eigenvalue weighted by Crippen LogP contribution is -2.53. The van der Waals surface area contributed by atoms with Gasteiger partial charge < -0.3 is 9.73 Å². The van der Waals surface area contributed by atoms with Gasteiger partial charge >= 0.3 is 11.7 Å². The van der Waals surface area contributed by atoms with Crippen LogP contribution in [0.15, 0.2) is 37.9 Å². The van der Waals surface area contributed by atoms with Gasteiger partial charge in [0.25, 0.3) is 5.91 Å². The van der Waals surface area contributed by atoms with Crippen molar-refractivity contribution in [2.24, 2.45) is 0 Å². The zero-order chi connectivity index (χ0) is 21.1. The molecule has 0 aliphatic heterocycles. The fraction of sp³-hybridized carbons (Fsp3) is 0.522. The molecule has 0 bridgehead atoms. The molecule has 6 nitrogen and oxygen atoms in total. The topological polar surface area (TPSA) is 79.6 Å². The third kappa shape index (κ3) is 4.61. The standard InChI is InChI=1S/C23H27BrN2O4/c24-16-11-12-20-15(13-16)14-19(22(28)30-20)21(27)26(18-9-5-2-6-10-18)23(29)25-17-7-3-1-4-8-17/h11-14,17-18H,1-10H2,(H,25,29). The third-order valence-corrected chi connectivity index (χ3v) is 6.73. The van der Waals surface area contributed by atoms with E-state index < -0.39 is 11.5 Å². The SMILES string of the molecule is O=C(NC1CCCCC1)N(C(=O)c1cc2cc(Br)ccc2oc1=O)C1CCCCC1. The van der Waals surface area contributed by atoms with Gasteiger partial charge in [0, 0.05) is 21.9 Å². The second-order valence-corrected chi connectivity index (χ2v) is 9.30. The molecule has 2 saturated carbocycles. The molecule has 0 saturated heterocycles. The molecule has 0 radical (unpaired) electrons. The number of nitrogens with one attached hydrogen (secondary N) is 1. The van der Waals surface area contributed by atoms with Crippen molar-refractivity contribution in [2.45, 2.75) is 76.3 Å². The summed E-state index contributed by atoms with van der Waals surface area (Å²) in [5, 5.41) is 3.70. The summed E-state index contributed by atoms with van der Waals surface area (Å²) in [4.78, 5) is 40.6. The molecule has 1 heterocycles. The molecule has 30 heavy (non-hydrogen) atoms. The van der Waals surface area contributed by atoms with Gasteiger partial charge in [-0.05, 0) is 49.9 Å². The van der Waals surface area contributed by atoms with Crippen molar-refractivity contribution in [3.05, 3.63) is 44.7 Å². The predicted octanol–water partition coefficient (Wildman–Crippen LogP) is 5.37. The number of hydrogen-bond acceptors (Lipinski definition) is 4. The van der Waals surface area contributed by atoms with Crippen LogP contribution in [0.3, 0.4) is 0 Å². The Morgan fingerprint density at radius 1 is 0.967 bits per heavy atom. The Balaban J connectivity index is 1.66. The van der Waals surface area contributed by atoms with Gasteiger partial charge in [-0.2, -0.15) is 0 Å². The number of rotatable bonds is 3. The summed E-state index contributed by atoms with van der Waals surface area (Å²) < 4.78 is 6.20. The number of carbonyl (C=O) groups excluding carboxylic acids is 2. The van der Waals surface area contributed by atoms with Crippen molar-refractivity contribution >= 4 is 38.8 Å². The number of fused-ring (bicyclic) bond motifs is 1. The number of amides is 3. The highest BCUT2D eigenvalue weighted by atomic mass is 79.9. The van der Waals surface area contributed by atoms with E-state index in [0.717, 1.165) is 62.3 Å². The molecule has 2 fully saturated rings. The van der Waals surface area contributed by atoms with Crippen LogP contribution in [0, 0.1) is 0 Å². The van der Waals surface area contributed by atoms with E-state index in [4.69, 9.17) is 4.42 Å². The first-order valence-corrected chi connectivity index (χ1v) is 11.7. The Morgan fingerprint density at radius 2 is 1.63 bits per heavy atom. The second kappa shape index (κ2) is 9.33. The van der Waals surface area contributed by atoms with Gasteiger partial charge in [0.2, 0.25) is 0 Å². The van der Waals surface area contributed by atoms with Crippen molar-refractivity contribution in [1.82, 2.24) is 10.2 Å². The number of imide groups is 1. The molecule has 1 N–H and O–H groups in total. The summed E-state index contributed by atoms with van der Waals surface area (Å²) in [5.74, 6) is -0.564. The number of hydrogen-bond donors (Lipinski definition) is 1. The highest BCUT2D eigenvalue weighted by Gasteiger charge is 2.34. The van der Waals surface area contributed by atoms with Gasteiger partial charge in [0.15, 0.2) is 0 Å². The summed E-state index contributed by atoms with van der Waals surface area (Å²) in [5.41, 5.74) is -0.387. The van der Waals surface area contributed by atoms with Gasteiger partial charge in [0.05, 0.1) is 0 Å². The van der Waals surface area contributed by atoms with Crippen LogP contribution < -0.4 is 10.9 Å². The van der Waals surface area contributed by atoms with E-state index in [1.165, 1.54) is 17.4 Å². The van der Waals surface area contributed by atoms with Gasteiger partial charge in [-0.15, -0.1) is 0 Å². The van der Waals surface area contributed by atoms with Gasteiger partial charge in [0.1, 0.15) is 11.1 Å². The van der Waals surface area contributed by atoms with Crippen LogP contribution in [-0.4, -0.2) is 28.9 Å². The summed E-state index contributed by atoms with van der Waals surface area (Å²) in [7, 11) is 0. The zero-order valence-electron chi connectivity index (χ0n) is 17.0. The Hall–Kier alpha value is -2.15. The van der Waals surface area contributed by atoms with Crippen molar-refractivity contribution in [2.75, 3.05) is 0 Å². The molecule has 2 aromatic rings. The maximum Gasteiger partial charge on any atom is 0.349 e. The maximum absolute atomic E-state index is 13.5. The number of benzene rings is 1. The van der Waals surface area contributed by atoms with Crippen LogP contribution in [-0.2, 0) is 0 Å². The first kappa shape index (κ1) is 21.1. The molecule has 2 aliphatic rings. The fourth-order valence-electron chi connectivity index (χ4n) is 4.63. The number of carbonyl (C=O) groups is 2. The summed E-state index contributed by atoms with van der Waals surface area (Å²) in [6.45, 7) is 0. The smallest absolute Gasteiger partial charge is 0.349 e. The van der Waals surface area contributed by atoms with Crippen molar-refractivity contribution < 1.29 is 14.0 Å². The minimum atomic E-state index is -0.707. The minimum absolute atomic E-state index is 0.0918. The molecular formula is C23H27BrN2O4. The van der Waals surface area contributed by atoms with E-state index in [0.29, 0.717) is 11.0 Å². The van der Waals surface area contributed by atoms with Crippen LogP contribution in [0.5, 0.6) is 0 Å². The predicted molar refractivity (Wildman–Crippen MR) is 119 cm³/mol. The molecule has 0 atom stereocenters. The molecule has 1 aromatic carbocycles. The zero-order valence-corrected chi connectivity index (χ0v) is 18.6. The summed E-state index contributed by atoms with van der Waals surface area (Å²) in [6.07, 6.45) is 9.84. The van der Waals surface area contributed by atoms with Gasteiger partial charge in [-0.3, -0.25) is 9.69 Å². The molecule has 1 aromatic heterocycles.